The van der Waals surface area contributed by atoms with Gasteiger partial charge in [-0.1, -0.05) is 43.7 Å². The molecule has 0 radical (unpaired) electrons. The van der Waals surface area contributed by atoms with E-state index in [4.69, 9.17) is 0 Å². The lowest BCUT2D eigenvalue weighted by atomic mass is 9.97. The van der Waals surface area contributed by atoms with Crippen LogP contribution < -0.4 is 5.32 Å². The minimum absolute atomic E-state index is 0.276. The minimum Gasteiger partial charge on any atom is -0.318 e. The summed E-state index contributed by atoms with van der Waals surface area (Å²) in [5, 5.41) is 2.65. The SMILES string of the molecule is CCCc1ccc(C(=O)CN2C(=O)NC(C)(c3ccccn3)C2=O)cc1. The summed E-state index contributed by atoms with van der Waals surface area (Å²) in [5.41, 5.74) is 0.819. The molecule has 2 aromatic rings. The Morgan fingerprint density at radius 1 is 1.15 bits per heavy atom. The van der Waals surface area contributed by atoms with Gasteiger partial charge in [-0.15, -0.1) is 0 Å². The van der Waals surface area contributed by atoms with Gasteiger partial charge < -0.3 is 5.32 Å². The second kappa shape index (κ2) is 7.07. The number of imide groups is 1. The molecule has 0 spiro atoms. The number of nitrogens with zero attached hydrogens (tertiary/aromatic N) is 2. The van der Waals surface area contributed by atoms with Gasteiger partial charge in [-0.2, -0.15) is 0 Å². The van der Waals surface area contributed by atoms with Crippen LogP contribution in [0.5, 0.6) is 0 Å². The van der Waals surface area contributed by atoms with Crippen molar-refractivity contribution in [1.82, 2.24) is 15.2 Å². The van der Waals surface area contributed by atoms with Crippen LogP contribution in [-0.4, -0.2) is 34.2 Å². The predicted octanol–water partition coefficient (Wildman–Crippen LogP) is 2.68. The molecule has 1 fully saturated rings. The van der Waals surface area contributed by atoms with E-state index in [0.717, 1.165) is 23.3 Å². The molecular formula is C20H21N3O3. The van der Waals surface area contributed by atoms with Crippen molar-refractivity contribution >= 4 is 17.7 Å². The van der Waals surface area contributed by atoms with Crippen molar-refractivity contribution in [3.05, 3.63) is 65.5 Å². The molecule has 2 heterocycles. The fraction of sp³-hybridized carbons (Fsp3) is 0.300. The average molecular weight is 351 g/mol. The Hall–Kier alpha value is -3.02. The van der Waals surface area contributed by atoms with Gasteiger partial charge in [0.1, 0.15) is 0 Å². The highest BCUT2D eigenvalue weighted by molar-refractivity contribution is 6.11. The molecule has 1 unspecified atom stereocenters. The summed E-state index contributed by atoms with van der Waals surface area (Å²) in [7, 11) is 0. The van der Waals surface area contributed by atoms with Gasteiger partial charge in [0.15, 0.2) is 11.3 Å². The first kappa shape index (κ1) is 17.8. The van der Waals surface area contributed by atoms with Crippen LogP contribution in [0.25, 0.3) is 0 Å². The highest BCUT2D eigenvalue weighted by Gasteiger charge is 2.50. The highest BCUT2D eigenvalue weighted by Crippen LogP contribution is 2.27. The molecule has 1 aliphatic heterocycles. The Kier molecular flexibility index (Phi) is 4.84. The van der Waals surface area contributed by atoms with Gasteiger partial charge >= 0.3 is 6.03 Å². The first-order valence-electron chi connectivity index (χ1n) is 8.63. The lowest BCUT2D eigenvalue weighted by Gasteiger charge is -2.20. The van der Waals surface area contributed by atoms with Gasteiger partial charge in [-0.05, 0) is 31.0 Å². The van der Waals surface area contributed by atoms with Crippen LogP contribution in [0.2, 0.25) is 0 Å². The summed E-state index contributed by atoms with van der Waals surface area (Å²) in [4.78, 5) is 42.7. The molecule has 1 saturated heterocycles. The van der Waals surface area contributed by atoms with Crippen LogP contribution in [0.4, 0.5) is 4.79 Å². The van der Waals surface area contributed by atoms with E-state index >= 15 is 0 Å². The van der Waals surface area contributed by atoms with Gasteiger partial charge in [0.05, 0.1) is 12.2 Å². The van der Waals surface area contributed by atoms with E-state index in [-0.39, 0.29) is 12.3 Å². The number of aromatic nitrogens is 1. The number of nitrogens with one attached hydrogen (secondary N) is 1. The summed E-state index contributed by atoms with van der Waals surface area (Å²) in [6, 6.07) is 11.9. The molecule has 6 heteroatoms. The zero-order chi connectivity index (χ0) is 18.7. The molecule has 1 aromatic heterocycles. The number of ketones is 1. The summed E-state index contributed by atoms with van der Waals surface area (Å²) in [6.45, 7) is 3.40. The quantitative estimate of drug-likeness (QED) is 0.641. The monoisotopic (exact) mass is 351 g/mol. The molecule has 1 aliphatic rings. The van der Waals surface area contributed by atoms with Crippen LogP contribution >= 0.6 is 0 Å². The lowest BCUT2D eigenvalue weighted by Crippen LogP contribution is -2.42. The van der Waals surface area contributed by atoms with Crippen LogP contribution in [0, 0.1) is 0 Å². The van der Waals surface area contributed by atoms with Crippen molar-refractivity contribution in [1.29, 1.82) is 0 Å². The topological polar surface area (TPSA) is 79.4 Å². The maximum absolute atomic E-state index is 12.8. The van der Waals surface area contributed by atoms with Crippen molar-refractivity contribution in [3.8, 4) is 0 Å². The molecule has 1 atom stereocenters. The van der Waals surface area contributed by atoms with E-state index in [9.17, 15) is 14.4 Å². The third-order valence-electron chi connectivity index (χ3n) is 4.57. The summed E-state index contributed by atoms with van der Waals surface area (Å²) in [6.07, 6.45) is 3.54. The lowest BCUT2D eigenvalue weighted by molar-refractivity contribution is -0.130. The standard InChI is InChI=1S/C20H21N3O3/c1-3-6-14-8-10-15(11-9-14)16(24)13-23-18(25)20(2,22-19(23)26)17-7-4-5-12-21-17/h4-5,7-12H,3,6,13H2,1-2H3,(H,22,26). The Labute approximate surface area is 152 Å². The highest BCUT2D eigenvalue weighted by atomic mass is 16.2. The maximum atomic E-state index is 12.8. The number of Topliss-reactive ketones (excluding diaryl/α,β-unsaturated/α-hetero) is 1. The van der Waals surface area contributed by atoms with Gasteiger partial charge in [-0.25, -0.2) is 4.79 Å². The first-order chi connectivity index (χ1) is 12.5. The number of rotatable bonds is 6. The van der Waals surface area contributed by atoms with Gasteiger partial charge in [0, 0.05) is 11.8 Å². The van der Waals surface area contributed by atoms with Crippen molar-refractivity contribution in [2.75, 3.05) is 6.54 Å². The molecule has 0 saturated carbocycles. The maximum Gasteiger partial charge on any atom is 0.325 e. The van der Waals surface area contributed by atoms with Gasteiger partial charge in [0.25, 0.3) is 5.91 Å². The van der Waals surface area contributed by atoms with Crippen LogP contribution in [0.15, 0.2) is 48.7 Å². The number of urea groups is 1. The van der Waals surface area contributed by atoms with Crippen LogP contribution in [0.3, 0.4) is 0 Å². The number of carbonyl (C=O) groups excluding carboxylic acids is 3. The number of hydrogen-bond donors (Lipinski definition) is 1. The molecular weight excluding hydrogens is 330 g/mol. The van der Waals surface area contributed by atoms with Gasteiger partial charge in [0.2, 0.25) is 0 Å². The number of carbonyl (C=O) groups is 3. The number of hydrogen-bond acceptors (Lipinski definition) is 4. The van der Waals surface area contributed by atoms with E-state index in [1.165, 1.54) is 0 Å². The third-order valence-corrected chi connectivity index (χ3v) is 4.57. The van der Waals surface area contributed by atoms with Crippen molar-refractivity contribution < 1.29 is 14.4 Å². The zero-order valence-electron chi connectivity index (χ0n) is 14.9. The molecule has 1 aromatic carbocycles. The van der Waals surface area contributed by atoms with E-state index in [1.807, 2.05) is 12.1 Å². The largest absolute Gasteiger partial charge is 0.325 e. The second-order valence-corrected chi connectivity index (χ2v) is 6.53. The first-order valence-corrected chi connectivity index (χ1v) is 8.63. The Morgan fingerprint density at radius 3 is 2.50 bits per heavy atom. The smallest absolute Gasteiger partial charge is 0.318 e. The summed E-state index contributed by atoms with van der Waals surface area (Å²) < 4.78 is 0. The third kappa shape index (κ3) is 3.22. The van der Waals surface area contributed by atoms with E-state index in [1.54, 1.807) is 43.5 Å². The van der Waals surface area contributed by atoms with E-state index < -0.39 is 17.5 Å². The van der Waals surface area contributed by atoms with Crippen LogP contribution in [-0.2, 0) is 16.8 Å². The Balaban J connectivity index is 1.76. The van der Waals surface area contributed by atoms with E-state index in [0.29, 0.717) is 11.3 Å². The van der Waals surface area contributed by atoms with E-state index in [2.05, 4.69) is 17.2 Å². The minimum atomic E-state index is -1.26. The van der Waals surface area contributed by atoms with Crippen molar-refractivity contribution in [3.63, 3.8) is 0 Å². The molecule has 134 valence electrons. The molecule has 1 N–H and O–H groups in total. The number of aryl methyl sites for hydroxylation is 1. The number of benzene rings is 1. The molecule has 26 heavy (non-hydrogen) atoms. The second-order valence-electron chi connectivity index (χ2n) is 6.53. The predicted molar refractivity (Wildman–Crippen MR) is 96.6 cm³/mol. The average Bonchev–Trinajstić information content (AvgIpc) is 2.87. The van der Waals surface area contributed by atoms with Gasteiger partial charge in [-0.3, -0.25) is 19.5 Å². The Morgan fingerprint density at radius 2 is 1.88 bits per heavy atom. The molecule has 3 amide bonds. The normalized spacial score (nSPS) is 19.5. The fourth-order valence-corrected chi connectivity index (χ4v) is 3.05. The number of amides is 3. The Bertz CT molecular complexity index is 833. The molecule has 0 aliphatic carbocycles. The number of pyridine rings is 1. The summed E-state index contributed by atoms with van der Waals surface area (Å²) >= 11 is 0. The zero-order valence-corrected chi connectivity index (χ0v) is 14.9. The fourth-order valence-electron chi connectivity index (χ4n) is 3.05. The van der Waals surface area contributed by atoms with Crippen molar-refractivity contribution in [2.45, 2.75) is 32.2 Å². The molecule has 6 nitrogen and oxygen atoms in total. The molecule has 0 bridgehead atoms. The summed E-state index contributed by atoms with van der Waals surface area (Å²) in [5.74, 6) is -0.751. The van der Waals surface area contributed by atoms with Crippen molar-refractivity contribution in [2.24, 2.45) is 0 Å². The van der Waals surface area contributed by atoms with Crippen LogP contribution in [0.1, 0.15) is 41.9 Å². The molecule has 3 rings (SSSR count).